The molecule has 126 valence electrons. The Balaban J connectivity index is 1.78. The molecule has 0 fully saturated rings. The Morgan fingerprint density at radius 2 is 1.96 bits per heavy atom. The highest BCUT2D eigenvalue weighted by molar-refractivity contribution is 8.01. The number of nitrogens with one attached hydrogen (secondary N) is 1. The fraction of sp³-hybridized carbons (Fsp3) is 0.125. The molecular formula is C16H13N5OS3. The number of benzene rings is 1. The van der Waals surface area contributed by atoms with Crippen molar-refractivity contribution in [3.8, 4) is 16.9 Å². The molecule has 25 heavy (non-hydrogen) atoms. The first-order valence-electron chi connectivity index (χ1n) is 7.34. The van der Waals surface area contributed by atoms with Crippen LogP contribution in [0.2, 0.25) is 0 Å². The van der Waals surface area contributed by atoms with Crippen LogP contribution in [0.1, 0.15) is 0 Å². The molecule has 0 aliphatic rings. The molecule has 0 aliphatic heterocycles. The highest BCUT2D eigenvalue weighted by Crippen LogP contribution is 2.41. The molecule has 3 aromatic heterocycles. The van der Waals surface area contributed by atoms with Gasteiger partial charge >= 0.3 is 0 Å². The minimum Gasteiger partial charge on any atom is -0.497 e. The van der Waals surface area contributed by atoms with E-state index in [1.54, 1.807) is 24.8 Å². The van der Waals surface area contributed by atoms with Crippen molar-refractivity contribution in [2.75, 3.05) is 19.5 Å². The summed E-state index contributed by atoms with van der Waals surface area (Å²) >= 11 is 4.62. The summed E-state index contributed by atoms with van der Waals surface area (Å²) in [5.41, 5.74) is 2.22. The van der Waals surface area contributed by atoms with Gasteiger partial charge in [0.15, 0.2) is 4.34 Å². The lowest BCUT2D eigenvalue weighted by Gasteiger charge is -2.05. The number of nitrogens with zero attached hydrogens (tertiary/aromatic N) is 4. The summed E-state index contributed by atoms with van der Waals surface area (Å²) in [5, 5.41) is 16.1. The molecule has 3 heterocycles. The lowest BCUT2D eigenvalue weighted by molar-refractivity contribution is 0.415. The minimum atomic E-state index is 0.786. The quantitative estimate of drug-likeness (QED) is 0.508. The van der Waals surface area contributed by atoms with Crippen LogP contribution in [-0.2, 0) is 0 Å². The van der Waals surface area contributed by atoms with Crippen molar-refractivity contribution < 1.29 is 4.74 Å². The molecule has 6 nitrogen and oxygen atoms in total. The van der Waals surface area contributed by atoms with Crippen LogP contribution in [0.3, 0.4) is 0 Å². The first-order chi connectivity index (χ1) is 12.3. The van der Waals surface area contributed by atoms with E-state index in [4.69, 9.17) is 4.74 Å². The fourth-order valence-electron chi connectivity index (χ4n) is 2.34. The monoisotopic (exact) mass is 387 g/mol. The van der Waals surface area contributed by atoms with Crippen molar-refractivity contribution in [1.29, 1.82) is 0 Å². The minimum absolute atomic E-state index is 0.786. The highest BCUT2D eigenvalue weighted by Gasteiger charge is 2.16. The molecule has 0 spiro atoms. The summed E-state index contributed by atoms with van der Waals surface area (Å²) in [5.74, 6) is 0.836. The van der Waals surface area contributed by atoms with Crippen LogP contribution in [0, 0.1) is 0 Å². The third-order valence-corrected chi connectivity index (χ3v) is 6.42. The highest BCUT2D eigenvalue weighted by atomic mass is 32.2. The van der Waals surface area contributed by atoms with E-state index in [1.807, 2.05) is 31.3 Å². The number of hydrogen-bond donors (Lipinski definition) is 1. The SMILES string of the molecule is CNc1nnc(Sc2ncnc3scc(-c4ccc(OC)cc4)c23)s1. The summed E-state index contributed by atoms with van der Waals surface area (Å²) in [6.07, 6.45) is 1.60. The van der Waals surface area contributed by atoms with Crippen LogP contribution in [0.4, 0.5) is 5.13 Å². The largest absolute Gasteiger partial charge is 0.497 e. The maximum atomic E-state index is 5.24. The average molecular weight is 388 g/mol. The first kappa shape index (κ1) is 16.2. The standard InChI is InChI=1S/C16H13N5OS3/c1-17-15-20-21-16(25-15)24-14-12-11(7-23-13(12)18-8-19-14)9-3-5-10(22-2)6-4-9/h3-8H,1-2H3,(H,17,20). The molecule has 0 aliphatic carbocycles. The average Bonchev–Trinajstić information content (AvgIpc) is 3.29. The van der Waals surface area contributed by atoms with Crippen LogP contribution in [0.25, 0.3) is 21.3 Å². The molecule has 0 atom stereocenters. The smallest absolute Gasteiger partial charge is 0.206 e. The predicted molar refractivity (Wildman–Crippen MR) is 103 cm³/mol. The Labute approximate surface area is 156 Å². The van der Waals surface area contributed by atoms with E-state index in [0.717, 1.165) is 41.6 Å². The number of ether oxygens (including phenoxy) is 1. The van der Waals surface area contributed by atoms with Gasteiger partial charge in [-0.1, -0.05) is 23.5 Å². The van der Waals surface area contributed by atoms with Crippen LogP contribution >= 0.6 is 34.4 Å². The van der Waals surface area contributed by atoms with Crippen LogP contribution in [0.5, 0.6) is 5.75 Å². The second-order valence-corrected chi connectivity index (χ2v) is 8.03. The zero-order chi connectivity index (χ0) is 17.2. The topological polar surface area (TPSA) is 72.8 Å². The van der Waals surface area contributed by atoms with Crippen molar-refractivity contribution >= 4 is 49.8 Å². The van der Waals surface area contributed by atoms with Gasteiger partial charge in [0.2, 0.25) is 5.13 Å². The molecule has 4 aromatic rings. The van der Waals surface area contributed by atoms with Gasteiger partial charge in [0.05, 0.1) is 12.5 Å². The summed E-state index contributed by atoms with van der Waals surface area (Å²) in [6.45, 7) is 0. The Bertz CT molecular complexity index is 1010. The van der Waals surface area contributed by atoms with Crippen molar-refractivity contribution in [2.24, 2.45) is 0 Å². The molecule has 4 rings (SSSR count). The van der Waals surface area contributed by atoms with Gasteiger partial charge in [0.25, 0.3) is 0 Å². The van der Waals surface area contributed by atoms with Gasteiger partial charge in [-0.05, 0) is 29.5 Å². The van der Waals surface area contributed by atoms with E-state index >= 15 is 0 Å². The van der Waals surface area contributed by atoms with Crippen molar-refractivity contribution in [1.82, 2.24) is 20.2 Å². The van der Waals surface area contributed by atoms with Gasteiger partial charge in [0.1, 0.15) is 21.9 Å². The number of thiophene rings is 1. The zero-order valence-electron chi connectivity index (χ0n) is 13.4. The first-order valence-corrected chi connectivity index (χ1v) is 9.85. The molecule has 1 N–H and O–H groups in total. The summed E-state index contributed by atoms with van der Waals surface area (Å²) in [6, 6.07) is 8.01. The van der Waals surface area contributed by atoms with E-state index in [0.29, 0.717) is 0 Å². The van der Waals surface area contributed by atoms with Gasteiger partial charge in [0, 0.05) is 18.0 Å². The molecule has 0 radical (unpaired) electrons. The Morgan fingerprint density at radius 3 is 2.68 bits per heavy atom. The number of methoxy groups -OCH3 is 1. The third kappa shape index (κ3) is 3.17. The van der Waals surface area contributed by atoms with Gasteiger partial charge in [-0.15, -0.1) is 21.5 Å². The maximum absolute atomic E-state index is 5.24. The molecule has 1 aromatic carbocycles. The zero-order valence-corrected chi connectivity index (χ0v) is 15.8. The number of rotatable bonds is 5. The van der Waals surface area contributed by atoms with Gasteiger partial charge in [-0.25, -0.2) is 9.97 Å². The van der Waals surface area contributed by atoms with Crippen molar-refractivity contribution in [3.63, 3.8) is 0 Å². The Morgan fingerprint density at radius 1 is 1.12 bits per heavy atom. The summed E-state index contributed by atoms with van der Waals surface area (Å²) < 4.78 is 6.09. The lowest BCUT2D eigenvalue weighted by Crippen LogP contribution is -1.86. The lowest BCUT2D eigenvalue weighted by atomic mass is 10.1. The molecule has 0 bridgehead atoms. The van der Waals surface area contributed by atoms with E-state index in [2.05, 4.69) is 30.9 Å². The van der Waals surface area contributed by atoms with Gasteiger partial charge in [-0.2, -0.15) is 0 Å². The molecule has 0 amide bonds. The molecule has 0 saturated heterocycles. The maximum Gasteiger partial charge on any atom is 0.206 e. The molecule has 9 heteroatoms. The van der Waals surface area contributed by atoms with Gasteiger partial charge in [-0.3, -0.25) is 0 Å². The van der Waals surface area contributed by atoms with E-state index in [1.165, 1.54) is 23.1 Å². The van der Waals surface area contributed by atoms with E-state index < -0.39 is 0 Å². The van der Waals surface area contributed by atoms with Gasteiger partial charge < -0.3 is 10.1 Å². The number of anilines is 1. The van der Waals surface area contributed by atoms with Crippen molar-refractivity contribution in [3.05, 3.63) is 36.0 Å². The summed E-state index contributed by atoms with van der Waals surface area (Å²) in [7, 11) is 3.50. The number of aromatic nitrogens is 4. The normalized spacial score (nSPS) is 11.0. The van der Waals surface area contributed by atoms with E-state index in [-0.39, 0.29) is 0 Å². The Hall–Kier alpha value is -2.23. The number of hydrogen-bond acceptors (Lipinski definition) is 9. The molecular weight excluding hydrogens is 374 g/mol. The molecule has 0 saturated carbocycles. The van der Waals surface area contributed by atoms with E-state index in [9.17, 15) is 0 Å². The van der Waals surface area contributed by atoms with Crippen LogP contribution in [0.15, 0.2) is 45.3 Å². The number of fused-ring (bicyclic) bond motifs is 1. The Kier molecular flexibility index (Phi) is 4.51. The molecule has 0 unspecified atom stereocenters. The second-order valence-electron chi connectivity index (χ2n) is 4.96. The fourth-order valence-corrected chi connectivity index (χ4v) is 5.05. The predicted octanol–water partition coefficient (Wildman–Crippen LogP) is 4.41. The van der Waals surface area contributed by atoms with Crippen molar-refractivity contribution in [2.45, 2.75) is 9.37 Å². The van der Waals surface area contributed by atoms with Crippen LogP contribution < -0.4 is 10.1 Å². The van der Waals surface area contributed by atoms with Crippen LogP contribution in [-0.4, -0.2) is 34.3 Å². The second kappa shape index (κ2) is 6.95. The summed E-state index contributed by atoms with van der Waals surface area (Å²) in [4.78, 5) is 9.85. The third-order valence-electron chi connectivity index (χ3n) is 3.54.